The van der Waals surface area contributed by atoms with Crippen LogP contribution in [0.25, 0.3) is 0 Å². The summed E-state index contributed by atoms with van der Waals surface area (Å²) in [4.78, 5) is 63.2. The lowest BCUT2D eigenvalue weighted by molar-refractivity contribution is -0.136. The maximum absolute atomic E-state index is 13.2. The van der Waals surface area contributed by atoms with Gasteiger partial charge in [-0.3, -0.25) is 34.2 Å². The predicted molar refractivity (Wildman–Crippen MR) is 128 cm³/mol. The third-order valence-corrected chi connectivity index (χ3v) is 6.07. The third-order valence-electron chi connectivity index (χ3n) is 6.07. The molecule has 1 unspecified atom stereocenters. The molecule has 0 saturated carbocycles. The smallest absolute Gasteiger partial charge is 0.266 e. The summed E-state index contributed by atoms with van der Waals surface area (Å²) in [5, 5.41) is 5.00. The van der Waals surface area contributed by atoms with E-state index in [2.05, 4.69) is 10.6 Å². The number of benzene rings is 3. The molecule has 1 fully saturated rings. The highest BCUT2D eigenvalue weighted by atomic mass is 16.5. The fourth-order valence-electron chi connectivity index (χ4n) is 4.24. The van der Waals surface area contributed by atoms with Crippen molar-refractivity contribution in [3.8, 4) is 5.75 Å². The lowest BCUT2D eigenvalue weighted by Crippen LogP contribution is -2.54. The van der Waals surface area contributed by atoms with Crippen molar-refractivity contribution in [2.75, 3.05) is 5.32 Å². The van der Waals surface area contributed by atoms with Crippen LogP contribution in [0.3, 0.4) is 0 Å². The Morgan fingerprint density at radius 3 is 2.39 bits per heavy atom. The molecule has 2 heterocycles. The topological polar surface area (TPSA) is 122 Å². The molecule has 2 aliphatic heterocycles. The average molecular weight is 483 g/mol. The standard InChI is InChI=1S/C27H21N3O6/c31-22-14-13-20(25(33)29-22)30-26(34)19-7-4-8-21(23(19)27(30)35)36-15-16-9-11-17(12-10-16)24(32)28-18-5-2-1-3-6-18/h1-12,20H,13-15H2,(H,28,32)(H,29,31,33). The number of nitrogens with one attached hydrogen (secondary N) is 2. The van der Waals surface area contributed by atoms with Gasteiger partial charge in [-0.1, -0.05) is 36.4 Å². The van der Waals surface area contributed by atoms with Crippen LogP contribution in [0.5, 0.6) is 5.75 Å². The van der Waals surface area contributed by atoms with E-state index in [0.29, 0.717) is 11.3 Å². The molecular formula is C27H21N3O6. The van der Waals surface area contributed by atoms with E-state index in [4.69, 9.17) is 4.74 Å². The van der Waals surface area contributed by atoms with Gasteiger partial charge in [-0.2, -0.15) is 0 Å². The van der Waals surface area contributed by atoms with Gasteiger partial charge >= 0.3 is 0 Å². The highest BCUT2D eigenvalue weighted by Gasteiger charge is 2.46. The molecular weight excluding hydrogens is 462 g/mol. The molecule has 2 aliphatic rings. The molecule has 5 amide bonds. The molecule has 2 N–H and O–H groups in total. The number of anilines is 1. The van der Waals surface area contributed by atoms with Crippen molar-refractivity contribution in [3.63, 3.8) is 0 Å². The van der Waals surface area contributed by atoms with Crippen molar-refractivity contribution < 1.29 is 28.7 Å². The predicted octanol–water partition coefficient (Wildman–Crippen LogP) is 2.92. The Labute approximate surface area is 206 Å². The SMILES string of the molecule is O=C1CCC(N2C(=O)c3cccc(OCc4ccc(C(=O)Nc5ccccc5)cc4)c3C2=O)C(=O)N1. The van der Waals surface area contributed by atoms with Gasteiger partial charge in [-0.25, -0.2) is 0 Å². The third kappa shape index (κ3) is 4.34. The van der Waals surface area contributed by atoms with Gasteiger partial charge < -0.3 is 10.1 Å². The van der Waals surface area contributed by atoms with Gasteiger partial charge in [0.05, 0.1) is 11.1 Å². The molecule has 180 valence electrons. The van der Waals surface area contributed by atoms with E-state index in [1.165, 1.54) is 6.07 Å². The van der Waals surface area contributed by atoms with Crippen molar-refractivity contribution in [2.45, 2.75) is 25.5 Å². The van der Waals surface area contributed by atoms with Crippen molar-refractivity contribution in [3.05, 3.63) is 95.1 Å². The summed E-state index contributed by atoms with van der Waals surface area (Å²) in [6.45, 7) is 0.0942. The number of carbonyl (C=O) groups is 5. The maximum atomic E-state index is 13.2. The Balaban J connectivity index is 1.28. The Morgan fingerprint density at radius 1 is 0.917 bits per heavy atom. The molecule has 9 heteroatoms. The van der Waals surface area contributed by atoms with Crippen LogP contribution in [-0.2, 0) is 16.2 Å². The summed E-state index contributed by atoms with van der Waals surface area (Å²) in [5.74, 6) is -2.35. The van der Waals surface area contributed by atoms with Crippen LogP contribution < -0.4 is 15.4 Å². The van der Waals surface area contributed by atoms with Gasteiger partial charge in [0.1, 0.15) is 18.4 Å². The zero-order valence-corrected chi connectivity index (χ0v) is 19.0. The molecule has 5 rings (SSSR count). The van der Waals surface area contributed by atoms with E-state index < -0.39 is 29.7 Å². The summed E-state index contributed by atoms with van der Waals surface area (Å²) in [5.41, 5.74) is 2.16. The number of imide groups is 2. The van der Waals surface area contributed by atoms with Crippen LogP contribution in [0.1, 0.15) is 49.5 Å². The quantitative estimate of drug-likeness (QED) is 0.520. The fourth-order valence-corrected chi connectivity index (χ4v) is 4.24. The molecule has 0 aliphatic carbocycles. The first-order valence-corrected chi connectivity index (χ1v) is 11.3. The first-order valence-electron chi connectivity index (χ1n) is 11.3. The Kier molecular flexibility index (Phi) is 6.03. The number of piperidine rings is 1. The van der Waals surface area contributed by atoms with Crippen LogP contribution in [0, 0.1) is 0 Å². The van der Waals surface area contributed by atoms with E-state index in [1.54, 1.807) is 48.5 Å². The van der Waals surface area contributed by atoms with Gasteiger partial charge in [-0.05, 0) is 48.4 Å². The van der Waals surface area contributed by atoms with Crippen molar-refractivity contribution in [2.24, 2.45) is 0 Å². The van der Waals surface area contributed by atoms with E-state index in [9.17, 15) is 24.0 Å². The number of hydrogen-bond donors (Lipinski definition) is 2. The summed E-state index contributed by atoms with van der Waals surface area (Å²) in [7, 11) is 0. The van der Waals surface area contributed by atoms with Crippen LogP contribution in [-0.4, -0.2) is 40.5 Å². The lowest BCUT2D eigenvalue weighted by Gasteiger charge is -2.27. The molecule has 1 saturated heterocycles. The molecule has 0 bridgehead atoms. The minimum Gasteiger partial charge on any atom is -0.488 e. The van der Waals surface area contributed by atoms with Crippen LogP contribution >= 0.6 is 0 Å². The first-order chi connectivity index (χ1) is 17.4. The van der Waals surface area contributed by atoms with E-state index in [1.807, 2.05) is 18.2 Å². The lowest BCUT2D eigenvalue weighted by atomic mass is 10.0. The highest BCUT2D eigenvalue weighted by molar-refractivity contribution is 6.24. The zero-order valence-electron chi connectivity index (χ0n) is 19.0. The molecule has 36 heavy (non-hydrogen) atoms. The number of fused-ring (bicyclic) bond motifs is 1. The molecule has 9 nitrogen and oxygen atoms in total. The van der Waals surface area contributed by atoms with Gasteiger partial charge in [-0.15, -0.1) is 0 Å². The van der Waals surface area contributed by atoms with E-state index in [0.717, 1.165) is 10.5 Å². The van der Waals surface area contributed by atoms with Crippen LogP contribution in [0.15, 0.2) is 72.8 Å². The number of carbonyl (C=O) groups excluding carboxylic acids is 5. The van der Waals surface area contributed by atoms with E-state index in [-0.39, 0.29) is 42.2 Å². The van der Waals surface area contributed by atoms with Crippen molar-refractivity contribution in [1.82, 2.24) is 10.2 Å². The monoisotopic (exact) mass is 483 g/mol. The summed E-state index contributed by atoms with van der Waals surface area (Å²) < 4.78 is 5.87. The average Bonchev–Trinajstić information content (AvgIpc) is 3.14. The molecule has 0 spiro atoms. The number of nitrogens with zero attached hydrogens (tertiary/aromatic N) is 1. The first kappa shape index (κ1) is 23.0. The van der Waals surface area contributed by atoms with Crippen LogP contribution in [0.2, 0.25) is 0 Å². The summed E-state index contributed by atoms with van der Waals surface area (Å²) in [6.07, 6.45) is 0.128. The van der Waals surface area contributed by atoms with E-state index >= 15 is 0 Å². The Bertz CT molecular complexity index is 1380. The maximum Gasteiger partial charge on any atom is 0.266 e. The largest absolute Gasteiger partial charge is 0.488 e. The Hall–Kier alpha value is -4.79. The van der Waals surface area contributed by atoms with Gasteiger partial charge in [0, 0.05) is 17.7 Å². The minimum absolute atomic E-state index is 0.0482. The molecule has 0 radical (unpaired) electrons. The van der Waals surface area contributed by atoms with Crippen molar-refractivity contribution in [1.29, 1.82) is 0 Å². The molecule has 3 aromatic rings. The second-order valence-electron chi connectivity index (χ2n) is 8.43. The molecule has 0 aromatic heterocycles. The molecule has 1 atom stereocenters. The number of ether oxygens (including phenoxy) is 1. The summed E-state index contributed by atoms with van der Waals surface area (Å²) >= 11 is 0. The van der Waals surface area contributed by atoms with Gasteiger partial charge in [0.15, 0.2) is 0 Å². The number of amides is 5. The number of hydrogen-bond acceptors (Lipinski definition) is 6. The zero-order chi connectivity index (χ0) is 25.2. The second kappa shape index (κ2) is 9.46. The molecule has 3 aromatic carbocycles. The fraction of sp³-hybridized carbons (Fsp3) is 0.148. The van der Waals surface area contributed by atoms with Gasteiger partial charge in [0.25, 0.3) is 17.7 Å². The minimum atomic E-state index is -1.04. The van der Waals surface area contributed by atoms with Crippen LogP contribution in [0.4, 0.5) is 5.69 Å². The number of rotatable bonds is 6. The summed E-state index contributed by atoms with van der Waals surface area (Å²) in [6, 6.07) is 19.6. The second-order valence-corrected chi connectivity index (χ2v) is 8.43. The normalized spacial score (nSPS) is 17.0. The highest BCUT2D eigenvalue weighted by Crippen LogP contribution is 2.34. The Morgan fingerprint density at radius 2 is 1.67 bits per heavy atom. The number of para-hydroxylation sites is 1. The van der Waals surface area contributed by atoms with Gasteiger partial charge in [0.2, 0.25) is 11.8 Å². The van der Waals surface area contributed by atoms with Crippen molar-refractivity contribution >= 4 is 35.2 Å².